The minimum absolute atomic E-state index is 0.325. The van der Waals surface area contributed by atoms with Crippen molar-refractivity contribution >= 4 is 16.7 Å². The molecule has 1 aromatic carbocycles. The Morgan fingerprint density at radius 3 is 3.00 bits per heavy atom. The number of hydrogen-bond acceptors (Lipinski definition) is 4. The van der Waals surface area contributed by atoms with Crippen LogP contribution in [-0.2, 0) is 11.4 Å². The summed E-state index contributed by atoms with van der Waals surface area (Å²) in [6.45, 7) is 2.55. The zero-order valence-corrected chi connectivity index (χ0v) is 9.14. The lowest BCUT2D eigenvalue weighted by molar-refractivity contribution is 0.115. The van der Waals surface area contributed by atoms with Gasteiger partial charge in [-0.3, -0.25) is 0 Å². The summed E-state index contributed by atoms with van der Waals surface area (Å²) in [5, 5.41) is 4.91. The van der Waals surface area contributed by atoms with E-state index in [2.05, 4.69) is 5.16 Å². The zero-order chi connectivity index (χ0) is 11.4. The van der Waals surface area contributed by atoms with E-state index >= 15 is 0 Å². The summed E-state index contributed by atoms with van der Waals surface area (Å²) in [4.78, 5) is 5.12. The lowest BCUT2D eigenvalue weighted by Gasteiger charge is -1.97. The molecule has 0 aliphatic heterocycles. The van der Waals surface area contributed by atoms with E-state index in [-0.39, 0.29) is 0 Å². The van der Waals surface area contributed by atoms with Gasteiger partial charge in [0.05, 0.1) is 5.71 Å². The number of para-hydroxylation sites is 1. The Morgan fingerprint density at radius 1 is 1.44 bits per heavy atom. The molecule has 4 nitrogen and oxygen atoms in total. The van der Waals surface area contributed by atoms with Crippen molar-refractivity contribution in [1.82, 2.24) is 0 Å². The van der Waals surface area contributed by atoms with Gasteiger partial charge in [-0.2, -0.15) is 0 Å². The average Bonchev–Trinajstić information content (AvgIpc) is 2.71. The second-order valence-corrected chi connectivity index (χ2v) is 3.55. The van der Waals surface area contributed by atoms with Crippen molar-refractivity contribution in [2.24, 2.45) is 10.9 Å². The second kappa shape index (κ2) is 4.81. The van der Waals surface area contributed by atoms with E-state index in [0.717, 1.165) is 22.4 Å². The Morgan fingerprint density at radius 2 is 2.25 bits per heavy atom. The van der Waals surface area contributed by atoms with Gasteiger partial charge in [0.25, 0.3) is 0 Å². The lowest BCUT2D eigenvalue weighted by atomic mass is 10.2. The third kappa shape index (κ3) is 2.41. The van der Waals surface area contributed by atoms with Crippen LogP contribution in [0.3, 0.4) is 0 Å². The van der Waals surface area contributed by atoms with E-state index in [1.807, 2.05) is 37.3 Å². The highest BCUT2D eigenvalue weighted by Gasteiger charge is 2.02. The third-order valence-corrected chi connectivity index (χ3v) is 2.20. The molecule has 84 valence electrons. The summed E-state index contributed by atoms with van der Waals surface area (Å²) in [7, 11) is 0. The van der Waals surface area contributed by atoms with Crippen LogP contribution in [0.5, 0.6) is 0 Å². The van der Waals surface area contributed by atoms with Crippen LogP contribution in [-0.4, -0.2) is 12.3 Å². The van der Waals surface area contributed by atoms with Crippen molar-refractivity contribution in [3.63, 3.8) is 0 Å². The first kappa shape index (κ1) is 10.7. The molecule has 2 aromatic rings. The summed E-state index contributed by atoms with van der Waals surface area (Å²) in [6.07, 6.45) is 0. The first-order chi connectivity index (χ1) is 7.79. The Labute approximate surface area is 93.7 Å². The topological polar surface area (TPSA) is 60.8 Å². The van der Waals surface area contributed by atoms with Crippen LogP contribution in [0.15, 0.2) is 39.9 Å². The Hall–Kier alpha value is -1.81. The fraction of sp³-hybridized carbons (Fsp3) is 0.250. The van der Waals surface area contributed by atoms with Crippen LogP contribution in [0.4, 0.5) is 0 Å². The summed E-state index contributed by atoms with van der Waals surface area (Å²) < 4.78 is 5.56. The largest absolute Gasteiger partial charge is 0.457 e. The Balaban J connectivity index is 2.05. The van der Waals surface area contributed by atoms with Gasteiger partial charge in [-0.1, -0.05) is 23.4 Å². The van der Waals surface area contributed by atoms with Crippen LogP contribution in [0.1, 0.15) is 12.7 Å². The summed E-state index contributed by atoms with van der Waals surface area (Å²) in [5.41, 5.74) is 7.00. The molecular weight excluding hydrogens is 204 g/mol. The smallest absolute Gasteiger partial charge is 0.174 e. The van der Waals surface area contributed by atoms with E-state index in [1.165, 1.54) is 0 Å². The number of furan rings is 1. The van der Waals surface area contributed by atoms with Gasteiger partial charge in [0.2, 0.25) is 0 Å². The van der Waals surface area contributed by atoms with E-state index in [9.17, 15) is 0 Å². The number of nitrogens with two attached hydrogens (primary N) is 1. The molecule has 0 atom stereocenters. The van der Waals surface area contributed by atoms with Crippen molar-refractivity contribution in [3.05, 3.63) is 36.1 Å². The van der Waals surface area contributed by atoms with Crippen LogP contribution in [0.25, 0.3) is 11.0 Å². The van der Waals surface area contributed by atoms with Crippen molar-refractivity contribution in [2.45, 2.75) is 13.5 Å². The van der Waals surface area contributed by atoms with Gasteiger partial charge >= 0.3 is 0 Å². The van der Waals surface area contributed by atoms with Gasteiger partial charge < -0.3 is 15.0 Å². The van der Waals surface area contributed by atoms with E-state index < -0.39 is 0 Å². The molecule has 4 heteroatoms. The van der Waals surface area contributed by atoms with Crippen molar-refractivity contribution < 1.29 is 9.25 Å². The van der Waals surface area contributed by atoms with E-state index in [1.54, 1.807) is 0 Å². The van der Waals surface area contributed by atoms with Crippen molar-refractivity contribution in [1.29, 1.82) is 0 Å². The maximum Gasteiger partial charge on any atom is 0.174 e. The number of nitrogens with zero attached hydrogens (tertiary/aromatic N) is 1. The highest BCUT2D eigenvalue weighted by atomic mass is 16.6. The normalized spacial score (nSPS) is 12.0. The van der Waals surface area contributed by atoms with Gasteiger partial charge in [0.15, 0.2) is 6.61 Å². The highest BCUT2D eigenvalue weighted by molar-refractivity contribution is 5.83. The van der Waals surface area contributed by atoms with Gasteiger partial charge in [-0.05, 0) is 19.1 Å². The van der Waals surface area contributed by atoms with Gasteiger partial charge in [-0.25, -0.2) is 0 Å². The quantitative estimate of drug-likeness (QED) is 0.632. The average molecular weight is 218 g/mol. The number of fused-ring (bicyclic) bond motifs is 1. The van der Waals surface area contributed by atoms with Gasteiger partial charge in [-0.15, -0.1) is 0 Å². The van der Waals surface area contributed by atoms with Crippen LogP contribution >= 0.6 is 0 Å². The Kier molecular flexibility index (Phi) is 3.22. The van der Waals surface area contributed by atoms with Gasteiger partial charge in [0, 0.05) is 11.9 Å². The van der Waals surface area contributed by atoms with E-state index in [4.69, 9.17) is 15.0 Å². The molecule has 0 fully saturated rings. The summed E-state index contributed by atoms with van der Waals surface area (Å²) in [5.74, 6) is 0.759. The van der Waals surface area contributed by atoms with Crippen LogP contribution in [0, 0.1) is 0 Å². The van der Waals surface area contributed by atoms with Gasteiger partial charge in [0.1, 0.15) is 11.3 Å². The molecule has 0 saturated heterocycles. The molecule has 16 heavy (non-hydrogen) atoms. The molecular formula is C12H14N2O2. The first-order valence-electron chi connectivity index (χ1n) is 5.12. The standard InChI is InChI=1S/C12H14N2O2/c1-9(7-13)14-15-8-11-6-10-4-2-3-5-12(10)16-11/h2-6H,7-8,13H2,1H3/b14-9+. The lowest BCUT2D eigenvalue weighted by Crippen LogP contribution is -2.09. The monoisotopic (exact) mass is 218 g/mol. The fourth-order valence-corrected chi connectivity index (χ4v) is 1.35. The summed E-state index contributed by atoms with van der Waals surface area (Å²) in [6, 6.07) is 9.78. The number of oxime groups is 1. The minimum atomic E-state index is 0.325. The predicted octanol–water partition coefficient (Wildman–Crippen LogP) is 2.28. The molecule has 2 rings (SSSR count). The molecule has 0 radical (unpaired) electrons. The van der Waals surface area contributed by atoms with E-state index in [0.29, 0.717) is 13.2 Å². The van der Waals surface area contributed by atoms with Crippen LogP contribution < -0.4 is 5.73 Å². The van der Waals surface area contributed by atoms with Crippen LogP contribution in [0.2, 0.25) is 0 Å². The maximum absolute atomic E-state index is 5.56. The second-order valence-electron chi connectivity index (χ2n) is 3.55. The molecule has 0 unspecified atom stereocenters. The molecule has 2 N–H and O–H groups in total. The number of rotatable bonds is 4. The van der Waals surface area contributed by atoms with Crippen molar-refractivity contribution in [3.8, 4) is 0 Å². The zero-order valence-electron chi connectivity index (χ0n) is 9.14. The number of hydrogen-bond donors (Lipinski definition) is 1. The van der Waals surface area contributed by atoms with Crippen molar-refractivity contribution in [2.75, 3.05) is 6.54 Å². The molecule has 0 amide bonds. The first-order valence-corrected chi connectivity index (χ1v) is 5.12. The predicted molar refractivity (Wildman–Crippen MR) is 63.2 cm³/mol. The third-order valence-electron chi connectivity index (χ3n) is 2.20. The molecule has 0 aliphatic carbocycles. The maximum atomic E-state index is 5.56. The molecule has 1 aromatic heterocycles. The SMILES string of the molecule is C/C(CN)=N\OCc1cc2ccccc2o1. The molecule has 0 bridgehead atoms. The minimum Gasteiger partial charge on any atom is -0.457 e. The number of benzene rings is 1. The molecule has 0 saturated carbocycles. The molecule has 1 heterocycles. The molecule has 0 aliphatic rings. The summed E-state index contributed by atoms with van der Waals surface area (Å²) >= 11 is 0. The highest BCUT2D eigenvalue weighted by Crippen LogP contribution is 2.19. The molecule has 0 spiro atoms. The Bertz CT molecular complexity index is 469. The fourth-order valence-electron chi connectivity index (χ4n) is 1.35.